The quantitative estimate of drug-likeness (QED) is 0.695. The Morgan fingerprint density at radius 1 is 1.33 bits per heavy atom. The van der Waals surface area contributed by atoms with Crippen LogP contribution in [0.25, 0.3) is 0 Å². The highest BCUT2D eigenvalue weighted by Crippen LogP contribution is 2.17. The maximum absolute atomic E-state index is 12.2. The molecule has 0 aromatic heterocycles. The number of methoxy groups -OCH3 is 1. The zero-order chi connectivity index (χ0) is 16.0. The molecule has 120 valence electrons. The van der Waals surface area contributed by atoms with E-state index in [1.165, 1.54) is 12.0 Å². The van der Waals surface area contributed by atoms with Gasteiger partial charge in [0, 0.05) is 13.1 Å². The number of alkyl carbamates (subject to hydrolysis) is 1. The van der Waals surface area contributed by atoms with Crippen LogP contribution in [0.3, 0.4) is 0 Å². The number of carboxylic acid groups (broad SMARTS) is 1. The van der Waals surface area contributed by atoms with Crippen molar-refractivity contribution in [2.45, 2.75) is 44.7 Å². The first-order valence-corrected chi connectivity index (χ1v) is 7.03. The van der Waals surface area contributed by atoms with Gasteiger partial charge in [-0.25, -0.2) is 14.4 Å². The fraction of sp³-hybridized carbons (Fsp3) is 0.769. The average Bonchev–Trinajstić information content (AvgIpc) is 2.92. The van der Waals surface area contributed by atoms with E-state index in [-0.39, 0.29) is 6.04 Å². The van der Waals surface area contributed by atoms with Crippen molar-refractivity contribution >= 4 is 18.1 Å². The van der Waals surface area contributed by atoms with Crippen LogP contribution in [0.4, 0.5) is 9.59 Å². The molecule has 0 spiro atoms. The van der Waals surface area contributed by atoms with E-state index in [1.807, 2.05) is 0 Å². The van der Waals surface area contributed by atoms with Gasteiger partial charge in [0.1, 0.15) is 5.54 Å². The second kappa shape index (κ2) is 7.14. The molecule has 1 fully saturated rings. The SMILES string of the molecule is CCC(CC)(NC(=O)N1CCC(NC(=O)OC)C1)C(=O)O. The number of hydrogen-bond acceptors (Lipinski definition) is 4. The van der Waals surface area contributed by atoms with Gasteiger partial charge in [-0.3, -0.25) is 0 Å². The molecule has 1 heterocycles. The van der Waals surface area contributed by atoms with Gasteiger partial charge in [-0.15, -0.1) is 0 Å². The minimum absolute atomic E-state index is 0.175. The van der Waals surface area contributed by atoms with Gasteiger partial charge >= 0.3 is 18.1 Å². The normalized spacial score (nSPS) is 18.2. The molecular formula is C13H23N3O5. The summed E-state index contributed by atoms with van der Waals surface area (Å²) in [6, 6.07) is -0.596. The van der Waals surface area contributed by atoms with Crippen LogP contribution >= 0.6 is 0 Å². The van der Waals surface area contributed by atoms with Gasteiger partial charge in [-0.2, -0.15) is 0 Å². The Morgan fingerprint density at radius 2 is 1.95 bits per heavy atom. The number of aliphatic carboxylic acids is 1. The molecule has 1 atom stereocenters. The summed E-state index contributed by atoms with van der Waals surface area (Å²) in [4.78, 5) is 36.2. The van der Waals surface area contributed by atoms with Crippen molar-refractivity contribution in [3.8, 4) is 0 Å². The summed E-state index contributed by atoms with van der Waals surface area (Å²) in [5.74, 6) is -1.04. The highest BCUT2D eigenvalue weighted by molar-refractivity contribution is 5.86. The monoisotopic (exact) mass is 301 g/mol. The summed E-state index contributed by atoms with van der Waals surface area (Å²) in [6.07, 6.45) is 0.690. The van der Waals surface area contributed by atoms with Gasteiger partial charge in [0.15, 0.2) is 0 Å². The second-order valence-electron chi connectivity index (χ2n) is 5.09. The van der Waals surface area contributed by atoms with E-state index in [0.29, 0.717) is 32.4 Å². The first-order valence-electron chi connectivity index (χ1n) is 7.03. The van der Waals surface area contributed by atoms with E-state index in [1.54, 1.807) is 13.8 Å². The van der Waals surface area contributed by atoms with Crippen LogP contribution in [0.2, 0.25) is 0 Å². The number of ether oxygens (including phenoxy) is 1. The van der Waals surface area contributed by atoms with Gasteiger partial charge < -0.3 is 25.4 Å². The lowest BCUT2D eigenvalue weighted by Gasteiger charge is -2.30. The highest BCUT2D eigenvalue weighted by Gasteiger charge is 2.38. The number of carboxylic acids is 1. The number of carbonyl (C=O) groups is 3. The summed E-state index contributed by atoms with van der Waals surface area (Å²) in [5.41, 5.74) is -1.25. The van der Waals surface area contributed by atoms with Crippen LogP contribution in [-0.2, 0) is 9.53 Å². The fourth-order valence-electron chi connectivity index (χ4n) is 2.35. The summed E-state index contributed by atoms with van der Waals surface area (Å²) < 4.78 is 4.51. The van der Waals surface area contributed by atoms with E-state index in [9.17, 15) is 19.5 Å². The molecule has 1 aliphatic rings. The lowest BCUT2D eigenvalue weighted by molar-refractivity contribution is -0.144. The summed E-state index contributed by atoms with van der Waals surface area (Å²) >= 11 is 0. The molecule has 3 amide bonds. The number of likely N-dealkylation sites (tertiary alicyclic amines) is 1. The van der Waals surface area contributed by atoms with Crippen LogP contribution in [0.15, 0.2) is 0 Å². The third-order valence-electron chi connectivity index (χ3n) is 3.95. The summed E-state index contributed by atoms with van der Waals surface area (Å²) in [7, 11) is 1.28. The molecule has 0 saturated carbocycles. The maximum atomic E-state index is 12.2. The van der Waals surface area contributed by atoms with Crippen LogP contribution in [0, 0.1) is 0 Å². The molecule has 8 heteroatoms. The Morgan fingerprint density at radius 3 is 2.43 bits per heavy atom. The Bertz CT molecular complexity index is 409. The molecule has 21 heavy (non-hydrogen) atoms. The van der Waals surface area contributed by atoms with E-state index >= 15 is 0 Å². The smallest absolute Gasteiger partial charge is 0.407 e. The molecule has 1 aliphatic heterocycles. The number of amides is 3. The molecule has 8 nitrogen and oxygen atoms in total. The van der Waals surface area contributed by atoms with Crippen LogP contribution in [-0.4, -0.2) is 59.9 Å². The molecule has 0 bridgehead atoms. The molecule has 0 aliphatic carbocycles. The molecule has 1 rings (SSSR count). The fourth-order valence-corrected chi connectivity index (χ4v) is 2.35. The van der Waals surface area contributed by atoms with Gasteiger partial charge in [0.25, 0.3) is 0 Å². The molecule has 3 N–H and O–H groups in total. The van der Waals surface area contributed by atoms with Gasteiger partial charge in [0.05, 0.1) is 13.2 Å². The molecule has 0 radical (unpaired) electrons. The van der Waals surface area contributed by atoms with Crippen molar-refractivity contribution in [2.24, 2.45) is 0 Å². The third kappa shape index (κ3) is 3.99. The molecular weight excluding hydrogens is 278 g/mol. The van der Waals surface area contributed by atoms with Crippen molar-refractivity contribution < 1.29 is 24.2 Å². The number of carbonyl (C=O) groups excluding carboxylic acids is 2. The molecule has 0 aromatic rings. The van der Waals surface area contributed by atoms with Gasteiger partial charge in [-0.05, 0) is 19.3 Å². The topological polar surface area (TPSA) is 108 Å². The minimum atomic E-state index is -1.25. The summed E-state index contributed by atoms with van der Waals surface area (Å²) in [6.45, 7) is 4.25. The first-order chi connectivity index (χ1) is 9.88. The van der Waals surface area contributed by atoms with Crippen molar-refractivity contribution in [1.29, 1.82) is 0 Å². The van der Waals surface area contributed by atoms with Crippen molar-refractivity contribution in [2.75, 3.05) is 20.2 Å². The number of nitrogens with zero attached hydrogens (tertiary/aromatic N) is 1. The number of urea groups is 1. The lowest BCUT2D eigenvalue weighted by atomic mass is 9.93. The molecule has 1 unspecified atom stereocenters. The first kappa shape index (κ1) is 17.1. The minimum Gasteiger partial charge on any atom is -0.480 e. The predicted octanol–water partition coefficient (Wildman–Crippen LogP) is 0.770. The van der Waals surface area contributed by atoms with Crippen molar-refractivity contribution in [3.63, 3.8) is 0 Å². The van der Waals surface area contributed by atoms with E-state index < -0.39 is 23.6 Å². The summed E-state index contributed by atoms with van der Waals surface area (Å²) in [5, 5.41) is 14.5. The lowest BCUT2D eigenvalue weighted by Crippen LogP contribution is -2.57. The van der Waals surface area contributed by atoms with Crippen LogP contribution in [0.5, 0.6) is 0 Å². The number of hydrogen-bond donors (Lipinski definition) is 3. The maximum Gasteiger partial charge on any atom is 0.407 e. The zero-order valence-corrected chi connectivity index (χ0v) is 12.6. The van der Waals surface area contributed by atoms with Crippen LogP contribution in [0.1, 0.15) is 33.1 Å². The van der Waals surface area contributed by atoms with E-state index in [2.05, 4.69) is 15.4 Å². The zero-order valence-electron chi connectivity index (χ0n) is 12.6. The predicted molar refractivity (Wildman–Crippen MR) is 75.0 cm³/mol. The largest absolute Gasteiger partial charge is 0.480 e. The van der Waals surface area contributed by atoms with E-state index in [0.717, 1.165) is 0 Å². The number of nitrogens with one attached hydrogen (secondary N) is 2. The molecule has 1 saturated heterocycles. The Balaban J connectivity index is 2.61. The highest BCUT2D eigenvalue weighted by atomic mass is 16.5. The van der Waals surface area contributed by atoms with Gasteiger partial charge in [0.2, 0.25) is 0 Å². The van der Waals surface area contributed by atoms with Crippen LogP contribution < -0.4 is 10.6 Å². The van der Waals surface area contributed by atoms with Crippen molar-refractivity contribution in [3.05, 3.63) is 0 Å². The number of rotatable bonds is 5. The second-order valence-corrected chi connectivity index (χ2v) is 5.09. The Kier molecular flexibility index (Phi) is 5.80. The average molecular weight is 301 g/mol. The van der Waals surface area contributed by atoms with Gasteiger partial charge in [-0.1, -0.05) is 13.8 Å². The Hall–Kier alpha value is -1.99. The standard InChI is InChI=1S/C13H23N3O5/c1-4-13(5-2,10(17)18)15-11(19)16-7-6-9(8-16)14-12(20)21-3/h9H,4-8H2,1-3H3,(H,14,20)(H,15,19)(H,17,18). The molecule has 0 aromatic carbocycles. The Labute approximate surface area is 123 Å². The van der Waals surface area contributed by atoms with Crippen molar-refractivity contribution in [1.82, 2.24) is 15.5 Å². The third-order valence-corrected chi connectivity index (χ3v) is 3.95. The van der Waals surface area contributed by atoms with E-state index in [4.69, 9.17) is 0 Å².